The molecule has 0 saturated carbocycles. The Kier molecular flexibility index (Phi) is 10.1. The minimum absolute atomic E-state index is 0.128. The number of nitrogens with one attached hydrogen (secondary N) is 1. The molecule has 272 valence electrons. The minimum Gasteiger partial charge on any atom is -0.444 e. The number of allylic oxidation sites excluding steroid dienone is 1. The molecule has 0 spiro atoms. The smallest absolute Gasteiger partial charge is 0.410 e. The van der Waals surface area contributed by atoms with Gasteiger partial charge in [0.05, 0.1) is 29.7 Å². The average Bonchev–Trinajstić information content (AvgIpc) is 3.81. The molecule has 3 N–H and O–H groups in total. The summed E-state index contributed by atoms with van der Waals surface area (Å²) in [4.78, 5) is 42.6. The zero-order chi connectivity index (χ0) is 36.7. The third kappa shape index (κ3) is 8.16. The van der Waals surface area contributed by atoms with E-state index in [0.29, 0.717) is 18.9 Å². The number of ether oxygens (including phenoxy) is 2. The van der Waals surface area contributed by atoms with Crippen molar-refractivity contribution in [3.8, 4) is 22.4 Å². The minimum atomic E-state index is -0.573. The maximum atomic E-state index is 13.0. The third-order valence-electron chi connectivity index (χ3n) is 9.87. The molecule has 2 fully saturated rings. The molecule has 51 heavy (non-hydrogen) atoms. The Balaban J connectivity index is 1.22. The predicted octanol–water partition coefficient (Wildman–Crippen LogP) is 8.95. The first-order valence-corrected chi connectivity index (χ1v) is 18.4. The van der Waals surface area contributed by atoms with Crippen molar-refractivity contribution in [3.05, 3.63) is 70.7 Å². The zero-order valence-corrected chi connectivity index (χ0v) is 31.6. The van der Waals surface area contributed by atoms with Gasteiger partial charge in [0.15, 0.2) is 0 Å². The molecular formula is C41H54N6O4. The first-order chi connectivity index (χ1) is 24.1. The van der Waals surface area contributed by atoms with E-state index < -0.39 is 11.2 Å². The molecule has 6 rings (SSSR count). The van der Waals surface area contributed by atoms with E-state index in [1.54, 1.807) is 9.80 Å². The van der Waals surface area contributed by atoms with E-state index >= 15 is 0 Å². The number of nitrogens with zero attached hydrogens (tertiary/aromatic N) is 4. The number of H-pyrrole nitrogens is 1. The Morgan fingerprint density at radius 2 is 1.47 bits per heavy atom. The second-order valence-corrected chi connectivity index (χ2v) is 16.3. The van der Waals surface area contributed by atoms with Crippen molar-refractivity contribution < 1.29 is 19.1 Å². The molecule has 10 heteroatoms. The van der Waals surface area contributed by atoms with Gasteiger partial charge in [0.25, 0.3) is 0 Å². The van der Waals surface area contributed by atoms with Crippen LogP contribution in [0.1, 0.15) is 116 Å². The Labute approximate surface area is 302 Å². The number of hydrogen-bond donors (Lipinski definition) is 2. The van der Waals surface area contributed by atoms with Gasteiger partial charge in [0.1, 0.15) is 22.9 Å². The number of imidazole rings is 1. The van der Waals surface area contributed by atoms with Crippen molar-refractivity contribution in [2.75, 3.05) is 13.1 Å². The molecule has 0 bridgehead atoms. The number of aryl methyl sites for hydroxylation is 2. The van der Waals surface area contributed by atoms with Gasteiger partial charge in [0.2, 0.25) is 0 Å². The van der Waals surface area contributed by atoms with E-state index in [0.717, 1.165) is 90.0 Å². The molecule has 2 amide bonds. The quantitative estimate of drug-likeness (QED) is 0.203. The van der Waals surface area contributed by atoms with Crippen molar-refractivity contribution in [2.45, 2.75) is 124 Å². The number of likely N-dealkylation sites (tertiary alicyclic amines) is 2. The lowest BCUT2D eigenvalue weighted by molar-refractivity contribution is 0.0216. The molecule has 1 aromatic heterocycles. The van der Waals surface area contributed by atoms with Crippen LogP contribution < -0.4 is 5.73 Å². The molecule has 0 radical (unpaired) electrons. The van der Waals surface area contributed by atoms with E-state index in [1.807, 2.05) is 47.7 Å². The molecule has 0 unspecified atom stereocenters. The Bertz CT molecular complexity index is 1860. The van der Waals surface area contributed by atoms with Crippen molar-refractivity contribution in [2.24, 2.45) is 10.7 Å². The van der Waals surface area contributed by atoms with E-state index in [4.69, 9.17) is 25.2 Å². The molecule has 10 nitrogen and oxygen atoms in total. The van der Waals surface area contributed by atoms with Crippen molar-refractivity contribution >= 4 is 23.7 Å². The summed E-state index contributed by atoms with van der Waals surface area (Å²) in [5.74, 6) is 1.25. The number of nitrogens with two attached hydrogens (primary N) is 1. The van der Waals surface area contributed by atoms with Gasteiger partial charge in [-0.1, -0.05) is 36.4 Å². The number of aromatic amines is 1. The number of benzene rings is 2. The van der Waals surface area contributed by atoms with Gasteiger partial charge in [-0.25, -0.2) is 19.6 Å². The number of aliphatic imine (C=N–C) groups is 1. The summed E-state index contributed by atoms with van der Waals surface area (Å²) in [5, 5.41) is 0. The van der Waals surface area contributed by atoms with Crippen LogP contribution in [-0.4, -0.2) is 68.1 Å². The van der Waals surface area contributed by atoms with Crippen LogP contribution in [-0.2, 0) is 15.9 Å². The highest BCUT2D eigenvalue weighted by atomic mass is 16.6. The number of hydrogen-bond acceptors (Lipinski definition) is 6. The van der Waals surface area contributed by atoms with Crippen LogP contribution >= 0.6 is 0 Å². The first-order valence-electron chi connectivity index (χ1n) is 18.4. The van der Waals surface area contributed by atoms with Crippen LogP contribution in [0.2, 0.25) is 0 Å². The molecule has 1 aliphatic carbocycles. The topological polar surface area (TPSA) is 126 Å². The van der Waals surface area contributed by atoms with E-state index in [1.165, 1.54) is 11.1 Å². The van der Waals surface area contributed by atoms with Crippen molar-refractivity contribution in [3.63, 3.8) is 0 Å². The maximum absolute atomic E-state index is 13.0. The highest BCUT2D eigenvalue weighted by molar-refractivity contribution is 5.94. The van der Waals surface area contributed by atoms with E-state index in [2.05, 4.69) is 55.2 Å². The fourth-order valence-corrected chi connectivity index (χ4v) is 7.45. The van der Waals surface area contributed by atoms with Gasteiger partial charge in [-0.05, 0) is 128 Å². The average molecular weight is 695 g/mol. The van der Waals surface area contributed by atoms with Gasteiger partial charge >= 0.3 is 12.2 Å². The normalized spacial score (nSPS) is 20.0. The Morgan fingerprint density at radius 3 is 2.16 bits per heavy atom. The molecule has 2 atom stereocenters. The lowest BCUT2D eigenvalue weighted by Gasteiger charge is -2.28. The predicted molar refractivity (Wildman–Crippen MR) is 202 cm³/mol. The summed E-state index contributed by atoms with van der Waals surface area (Å²) >= 11 is 0. The number of carbonyl (C=O) groups excluding carboxylic acids is 2. The summed E-state index contributed by atoms with van der Waals surface area (Å²) in [6, 6.07) is 12.8. The summed E-state index contributed by atoms with van der Waals surface area (Å²) in [5.41, 5.74) is 15.5. The molecule has 3 aliphatic rings. The molecule has 3 heterocycles. The number of amidine groups is 1. The Morgan fingerprint density at radius 1 is 0.843 bits per heavy atom. The molecule has 2 aromatic carbocycles. The summed E-state index contributed by atoms with van der Waals surface area (Å²) in [6.45, 7) is 16.8. The van der Waals surface area contributed by atoms with Gasteiger partial charge in [0, 0.05) is 24.2 Å². The SMILES string of the molecule is CC1=C(/N=C(\N)[C@@H]2CCCN2C(=O)OC(C)(C)C)c2ccc(-c3ccc(-c4cnc([C@@H]5CCCN5C(=O)OC(C)(C)C)[nH]4)c(C)c3)cc2CCC1. The molecular weight excluding hydrogens is 640 g/mol. The van der Waals surface area contributed by atoms with Gasteiger partial charge in [-0.2, -0.15) is 0 Å². The van der Waals surface area contributed by atoms with Crippen LogP contribution in [0.3, 0.4) is 0 Å². The van der Waals surface area contributed by atoms with Crippen LogP contribution in [0.25, 0.3) is 28.1 Å². The number of fused-ring (bicyclic) bond motifs is 1. The fraction of sp³-hybridized carbons (Fsp3) is 0.512. The lowest BCUT2D eigenvalue weighted by Crippen LogP contribution is -2.46. The van der Waals surface area contributed by atoms with Crippen LogP contribution in [0, 0.1) is 6.92 Å². The van der Waals surface area contributed by atoms with Gasteiger partial charge in [-0.3, -0.25) is 9.80 Å². The van der Waals surface area contributed by atoms with E-state index in [-0.39, 0.29) is 24.3 Å². The number of amides is 2. The Hall–Kier alpha value is -4.60. The largest absolute Gasteiger partial charge is 0.444 e. The van der Waals surface area contributed by atoms with Crippen molar-refractivity contribution in [1.82, 2.24) is 19.8 Å². The van der Waals surface area contributed by atoms with Crippen LogP contribution in [0.4, 0.5) is 9.59 Å². The van der Waals surface area contributed by atoms with Gasteiger partial charge < -0.3 is 20.2 Å². The second-order valence-electron chi connectivity index (χ2n) is 16.3. The first kappa shape index (κ1) is 36.2. The monoisotopic (exact) mass is 694 g/mol. The lowest BCUT2D eigenvalue weighted by atomic mass is 9.94. The molecule has 2 saturated heterocycles. The summed E-state index contributed by atoms with van der Waals surface area (Å²) in [6.07, 6.45) is 7.55. The number of aromatic nitrogens is 2. The fourth-order valence-electron chi connectivity index (χ4n) is 7.45. The van der Waals surface area contributed by atoms with Crippen LogP contribution in [0.15, 0.2) is 53.2 Å². The van der Waals surface area contributed by atoms with Crippen LogP contribution in [0.5, 0.6) is 0 Å². The van der Waals surface area contributed by atoms with Crippen molar-refractivity contribution in [1.29, 1.82) is 0 Å². The second kappa shape index (κ2) is 14.2. The van der Waals surface area contributed by atoms with E-state index in [9.17, 15) is 9.59 Å². The maximum Gasteiger partial charge on any atom is 0.410 e. The standard InChI is InChI=1S/C41H54N6O4/c1-25-12-9-13-29-23-28(17-19-31(29)35(25)45-36(42)33-14-10-20-46(33)38(48)50-40(3,4)5)27-16-18-30(26(2)22-27)32-24-43-37(44-32)34-15-11-21-47(34)39(49)51-41(6,7)8/h16-19,22-24,33-34H,9-15,20-21H2,1-8H3,(H2,42,45)(H,43,44)/t33-,34-/m0/s1. The summed E-state index contributed by atoms with van der Waals surface area (Å²) in [7, 11) is 0. The highest BCUT2D eigenvalue weighted by Gasteiger charge is 2.36. The number of rotatable bonds is 5. The highest BCUT2D eigenvalue weighted by Crippen LogP contribution is 2.37. The molecule has 2 aliphatic heterocycles. The van der Waals surface area contributed by atoms with Gasteiger partial charge in [-0.15, -0.1) is 0 Å². The molecule has 3 aromatic rings. The number of carbonyl (C=O) groups is 2. The summed E-state index contributed by atoms with van der Waals surface area (Å²) < 4.78 is 11.3. The zero-order valence-electron chi connectivity index (χ0n) is 31.6. The third-order valence-corrected chi connectivity index (χ3v) is 9.87.